The Bertz CT molecular complexity index is 523. The standard InChI is InChI=1S/C10H13BrN2O3S/c11-7-4-9(12-5-7)10(14)13-6-8-2-1-3-17(8,15)16/h4-5,8,12H,1-3,6H2,(H,13,14). The molecular weight excluding hydrogens is 308 g/mol. The predicted octanol–water partition coefficient (Wildman–Crippen LogP) is 1.08. The van der Waals surface area contributed by atoms with Gasteiger partial charge in [-0.25, -0.2) is 8.42 Å². The van der Waals surface area contributed by atoms with Gasteiger partial charge in [-0.3, -0.25) is 4.79 Å². The van der Waals surface area contributed by atoms with E-state index in [1.54, 1.807) is 12.3 Å². The summed E-state index contributed by atoms with van der Waals surface area (Å²) in [7, 11) is -2.99. The Balaban J connectivity index is 1.93. The Morgan fingerprint density at radius 1 is 1.59 bits per heavy atom. The van der Waals surface area contributed by atoms with Gasteiger partial charge in [0.25, 0.3) is 5.91 Å². The van der Waals surface area contributed by atoms with Crippen LogP contribution >= 0.6 is 15.9 Å². The highest BCUT2D eigenvalue weighted by Gasteiger charge is 2.31. The topological polar surface area (TPSA) is 79.0 Å². The van der Waals surface area contributed by atoms with E-state index in [1.807, 2.05) is 0 Å². The fourth-order valence-electron chi connectivity index (χ4n) is 1.89. The Morgan fingerprint density at radius 2 is 2.35 bits per heavy atom. The van der Waals surface area contributed by atoms with Gasteiger partial charge in [0.2, 0.25) is 0 Å². The van der Waals surface area contributed by atoms with E-state index in [4.69, 9.17) is 0 Å². The average molecular weight is 321 g/mol. The van der Waals surface area contributed by atoms with Crippen LogP contribution in [0, 0.1) is 0 Å². The highest BCUT2D eigenvalue weighted by atomic mass is 79.9. The fraction of sp³-hybridized carbons (Fsp3) is 0.500. The molecule has 1 saturated heterocycles. The number of hydrogen-bond acceptors (Lipinski definition) is 3. The number of aromatic amines is 1. The van der Waals surface area contributed by atoms with Crippen LogP contribution in [0.25, 0.3) is 0 Å². The second-order valence-electron chi connectivity index (χ2n) is 4.07. The van der Waals surface area contributed by atoms with Crippen LogP contribution in [0.1, 0.15) is 23.3 Å². The molecule has 94 valence electrons. The van der Waals surface area contributed by atoms with Gasteiger partial charge in [0.1, 0.15) is 5.69 Å². The second-order valence-corrected chi connectivity index (χ2v) is 7.39. The first kappa shape index (κ1) is 12.6. The van der Waals surface area contributed by atoms with Gasteiger partial charge in [-0.2, -0.15) is 0 Å². The molecule has 0 spiro atoms. The number of amides is 1. The monoisotopic (exact) mass is 320 g/mol. The van der Waals surface area contributed by atoms with Crippen LogP contribution in [0.15, 0.2) is 16.7 Å². The van der Waals surface area contributed by atoms with Crippen molar-refractivity contribution in [3.8, 4) is 0 Å². The van der Waals surface area contributed by atoms with Gasteiger partial charge in [-0.1, -0.05) is 0 Å². The van der Waals surface area contributed by atoms with E-state index in [0.29, 0.717) is 18.5 Å². The Labute approximate surface area is 108 Å². The van der Waals surface area contributed by atoms with Crippen LogP contribution in [0.2, 0.25) is 0 Å². The molecule has 0 saturated carbocycles. The molecule has 7 heteroatoms. The molecule has 0 bridgehead atoms. The third kappa shape index (κ3) is 2.90. The molecule has 2 heterocycles. The lowest BCUT2D eigenvalue weighted by Crippen LogP contribution is -2.34. The molecular formula is C10H13BrN2O3S. The van der Waals surface area contributed by atoms with E-state index in [9.17, 15) is 13.2 Å². The van der Waals surface area contributed by atoms with Crippen molar-refractivity contribution < 1.29 is 13.2 Å². The molecule has 2 rings (SSSR count). The van der Waals surface area contributed by atoms with E-state index >= 15 is 0 Å². The second kappa shape index (κ2) is 4.81. The zero-order chi connectivity index (χ0) is 12.5. The third-order valence-electron chi connectivity index (χ3n) is 2.85. The Kier molecular flexibility index (Phi) is 3.58. The van der Waals surface area contributed by atoms with E-state index in [-0.39, 0.29) is 18.2 Å². The third-order valence-corrected chi connectivity index (χ3v) is 5.58. The smallest absolute Gasteiger partial charge is 0.267 e. The largest absolute Gasteiger partial charge is 0.356 e. The van der Waals surface area contributed by atoms with Gasteiger partial charge in [-0.05, 0) is 34.8 Å². The number of carbonyl (C=O) groups is 1. The van der Waals surface area contributed by atoms with Crippen molar-refractivity contribution >= 4 is 31.7 Å². The maximum absolute atomic E-state index is 11.7. The van der Waals surface area contributed by atoms with Gasteiger partial charge >= 0.3 is 0 Å². The first-order valence-corrected chi connectivity index (χ1v) is 7.83. The number of carbonyl (C=O) groups excluding carboxylic acids is 1. The molecule has 0 radical (unpaired) electrons. The molecule has 1 aliphatic heterocycles. The minimum atomic E-state index is -2.99. The highest BCUT2D eigenvalue weighted by Crippen LogP contribution is 2.19. The SMILES string of the molecule is O=C(NCC1CCCS1(=O)=O)c1cc(Br)c[nH]1. The number of rotatable bonds is 3. The van der Waals surface area contributed by atoms with Crippen molar-refractivity contribution in [2.75, 3.05) is 12.3 Å². The summed E-state index contributed by atoms with van der Waals surface area (Å²) >= 11 is 3.23. The summed E-state index contributed by atoms with van der Waals surface area (Å²) in [6.07, 6.45) is 2.98. The fourth-order valence-corrected chi connectivity index (χ4v) is 4.00. The number of H-pyrrole nitrogens is 1. The first-order valence-electron chi connectivity index (χ1n) is 5.33. The van der Waals surface area contributed by atoms with Crippen LogP contribution in [0.3, 0.4) is 0 Å². The van der Waals surface area contributed by atoms with E-state index < -0.39 is 15.1 Å². The molecule has 1 aromatic heterocycles. The number of sulfone groups is 1. The maximum atomic E-state index is 11.7. The molecule has 17 heavy (non-hydrogen) atoms. The molecule has 1 atom stereocenters. The van der Waals surface area contributed by atoms with E-state index in [1.165, 1.54) is 0 Å². The summed E-state index contributed by atoms with van der Waals surface area (Å²) in [4.78, 5) is 14.5. The molecule has 0 aliphatic carbocycles. The summed E-state index contributed by atoms with van der Waals surface area (Å²) in [6.45, 7) is 0.192. The molecule has 2 N–H and O–H groups in total. The predicted molar refractivity (Wildman–Crippen MR) is 67.6 cm³/mol. The summed E-state index contributed by atoms with van der Waals surface area (Å²) in [6, 6.07) is 1.65. The molecule has 1 unspecified atom stereocenters. The highest BCUT2D eigenvalue weighted by molar-refractivity contribution is 9.10. The average Bonchev–Trinajstić information content (AvgIpc) is 2.81. The molecule has 1 amide bonds. The summed E-state index contributed by atoms with van der Waals surface area (Å²) in [5.74, 6) is -0.0421. The Morgan fingerprint density at radius 3 is 2.88 bits per heavy atom. The zero-order valence-electron chi connectivity index (χ0n) is 9.07. The van der Waals surface area contributed by atoms with Gasteiger partial charge in [0, 0.05) is 17.2 Å². The van der Waals surface area contributed by atoms with Crippen molar-refractivity contribution in [2.24, 2.45) is 0 Å². The van der Waals surface area contributed by atoms with Crippen molar-refractivity contribution in [3.63, 3.8) is 0 Å². The number of hydrogen-bond donors (Lipinski definition) is 2. The number of halogens is 1. The zero-order valence-corrected chi connectivity index (χ0v) is 11.5. The lowest BCUT2D eigenvalue weighted by molar-refractivity contribution is 0.0949. The van der Waals surface area contributed by atoms with Crippen LogP contribution in [0.4, 0.5) is 0 Å². The molecule has 0 aromatic carbocycles. The normalized spacial score (nSPS) is 22.5. The molecule has 1 fully saturated rings. The van der Waals surface area contributed by atoms with Gasteiger partial charge in [-0.15, -0.1) is 0 Å². The minimum Gasteiger partial charge on any atom is -0.356 e. The van der Waals surface area contributed by atoms with Crippen LogP contribution in [-0.4, -0.2) is 36.9 Å². The number of nitrogens with one attached hydrogen (secondary N) is 2. The van der Waals surface area contributed by atoms with Crippen LogP contribution in [-0.2, 0) is 9.84 Å². The van der Waals surface area contributed by atoms with Gasteiger partial charge in [0.15, 0.2) is 9.84 Å². The number of aromatic nitrogens is 1. The van der Waals surface area contributed by atoms with Gasteiger partial charge < -0.3 is 10.3 Å². The summed E-state index contributed by atoms with van der Waals surface area (Å²) in [5.41, 5.74) is 0.423. The lowest BCUT2D eigenvalue weighted by Gasteiger charge is -2.09. The van der Waals surface area contributed by atoms with Crippen molar-refractivity contribution in [2.45, 2.75) is 18.1 Å². The lowest BCUT2D eigenvalue weighted by atomic mass is 10.2. The molecule has 1 aliphatic rings. The van der Waals surface area contributed by atoms with E-state index in [2.05, 4.69) is 26.2 Å². The van der Waals surface area contributed by atoms with Crippen LogP contribution < -0.4 is 5.32 Å². The quantitative estimate of drug-likeness (QED) is 0.874. The minimum absolute atomic E-state index is 0.192. The van der Waals surface area contributed by atoms with Gasteiger partial charge in [0.05, 0.1) is 11.0 Å². The first-order chi connectivity index (χ1) is 7.99. The van der Waals surface area contributed by atoms with Crippen molar-refractivity contribution in [1.29, 1.82) is 0 Å². The van der Waals surface area contributed by atoms with Crippen molar-refractivity contribution in [1.82, 2.24) is 10.3 Å². The van der Waals surface area contributed by atoms with Crippen molar-refractivity contribution in [3.05, 3.63) is 22.4 Å². The molecule has 5 nitrogen and oxygen atoms in total. The summed E-state index contributed by atoms with van der Waals surface area (Å²) in [5, 5.41) is 2.21. The van der Waals surface area contributed by atoms with Crippen LogP contribution in [0.5, 0.6) is 0 Å². The van der Waals surface area contributed by atoms with E-state index in [0.717, 1.165) is 4.47 Å². The molecule has 1 aromatic rings. The summed E-state index contributed by atoms with van der Waals surface area (Å²) < 4.78 is 23.9. The maximum Gasteiger partial charge on any atom is 0.267 e. The Hall–Kier alpha value is -0.820.